The van der Waals surface area contributed by atoms with E-state index in [1.54, 1.807) is 0 Å². The molecule has 88 valence electrons. The van der Waals surface area contributed by atoms with Gasteiger partial charge < -0.3 is 10.0 Å². The Kier molecular flexibility index (Phi) is 4.41. The predicted molar refractivity (Wildman–Crippen MR) is 71.0 cm³/mol. The first-order valence-electron chi connectivity index (χ1n) is 5.85. The molecule has 1 aromatic rings. The molecule has 0 atom stereocenters. The molecule has 0 radical (unpaired) electrons. The minimum absolute atomic E-state index is 0.361. The van der Waals surface area contributed by atoms with Crippen LogP contribution < -0.4 is 4.90 Å². The molecule has 0 bridgehead atoms. The summed E-state index contributed by atoms with van der Waals surface area (Å²) in [5.41, 5.74) is 3.09. The molecule has 1 N–H and O–H groups in total. The molecule has 0 aromatic heterocycles. The lowest BCUT2D eigenvalue weighted by Crippen LogP contribution is -2.21. The SMILES string of the molecule is CC=C(C)c1ccc(N(CC)CC)cc1O. The second kappa shape index (κ2) is 5.59. The summed E-state index contributed by atoms with van der Waals surface area (Å²) >= 11 is 0. The van der Waals surface area contributed by atoms with E-state index < -0.39 is 0 Å². The fraction of sp³-hybridized carbons (Fsp3) is 0.429. The maximum absolute atomic E-state index is 9.97. The molecule has 0 fully saturated rings. The monoisotopic (exact) mass is 219 g/mol. The van der Waals surface area contributed by atoms with Crippen molar-refractivity contribution in [2.24, 2.45) is 0 Å². The van der Waals surface area contributed by atoms with Crippen LogP contribution >= 0.6 is 0 Å². The Morgan fingerprint density at radius 2 is 1.94 bits per heavy atom. The van der Waals surface area contributed by atoms with Crippen LogP contribution in [0.5, 0.6) is 5.75 Å². The van der Waals surface area contributed by atoms with Gasteiger partial charge in [-0.1, -0.05) is 6.08 Å². The molecule has 0 saturated heterocycles. The molecule has 1 aromatic carbocycles. The number of phenolic OH excluding ortho intramolecular Hbond substituents is 1. The lowest BCUT2D eigenvalue weighted by atomic mass is 10.1. The highest BCUT2D eigenvalue weighted by Crippen LogP contribution is 2.29. The molecule has 0 heterocycles. The number of benzene rings is 1. The lowest BCUT2D eigenvalue weighted by Gasteiger charge is -2.21. The van der Waals surface area contributed by atoms with E-state index in [4.69, 9.17) is 0 Å². The van der Waals surface area contributed by atoms with Crippen molar-refractivity contribution in [2.75, 3.05) is 18.0 Å². The number of hydrogen-bond acceptors (Lipinski definition) is 2. The first-order chi connectivity index (χ1) is 7.63. The van der Waals surface area contributed by atoms with Gasteiger partial charge in [0.05, 0.1) is 0 Å². The van der Waals surface area contributed by atoms with Crippen molar-refractivity contribution < 1.29 is 5.11 Å². The van der Waals surface area contributed by atoms with Crippen molar-refractivity contribution in [3.8, 4) is 5.75 Å². The number of phenols is 1. The summed E-state index contributed by atoms with van der Waals surface area (Å²) in [4.78, 5) is 2.22. The van der Waals surface area contributed by atoms with Crippen LogP contribution in [0.2, 0.25) is 0 Å². The molecular weight excluding hydrogens is 198 g/mol. The van der Waals surface area contributed by atoms with E-state index in [1.165, 1.54) is 0 Å². The minimum Gasteiger partial charge on any atom is -0.507 e. The third-order valence-corrected chi connectivity index (χ3v) is 2.97. The van der Waals surface area contributed by atoms with Gasteiger partial charge in [0.25, 0.3) is 0 Å². The van der Waals surface area contributed by atoms with E-state index in [9.17, 15) is 5.11 Å². The molecule has 0 saturated carbocycles. The number of allylic oxidation sites excluding steroid dienone is 2. The maximum atomic E-state index is 9.97. The number of rotatable bonds is 4. The molecule has 0 amide bonds. The molecule has 0 aliphatic heterocycles. The van der Waals surface area contributed by atoms with Gasteiger partial charge in [-0.2, -0.15) is 0 Å². The second-order valence-electron chi connectivity index (χ2n) is 3.85. The molecule has 0 unspecified atom stereocenters. The van der Waals surface area contributed by atoms with Gasteiger partial charge in [-0.3, -0.25) is 0 Å². The molecule has 0 aliphatic carbocycles. The van der Waals surface area contributed by atoms with Gasteiger partial charge in [0, 0.05) is 30.4 Å². The quantitative estimate of drug-likeness (QED) is 0.835. The summed E-state index contributed by atoms with van der Waals surface area (Å²) in [6.45, 7) is 10.1. The summed E-state index contributed by atoms with van der Waals surface area (Å²) in [7, 11) is 0. The average molecular weight is 219 g/mol. The predicted octanol–water partition coefficient (Wildman–Crippen LogP) is 3.66. The fourth-order valence-corrected chi connectivity index (χ4v) is 1.79. The Morgan fingerprint density at radius 1 is 1.31 bits per heavy atom. The van der Waals surface area contributed by atoms with Crippen molar-refractivity contribution >= 4 is 11.3 Å². The Morgan fingerprint density at radius 3 is 2.38 bits per heavy atom. The standard InChI is InChI=1S/C14H21NO/c1-5-11(4)13-9-8-12(10-14(13)16)15(6-2)7-3/h5,8-10,16H,6-7H2,1-4H3. The van der Waals surface area contributed by atoms with Crippen LogP contribution in [-0.2, 0) is 0 Å². The van der Waals surface area contributed by atoms with Gasteiger partial charge in [-0.15, -0.1) is 0 Å². The second-order valence-corrected chi connectivity index (χ2v) is 3.85. The smallest absolute Gasteiger partial charge is 0.125 e. The molecule has 0 aliphatic rings. The fourth-order valence-electron chi connectivity index (χ4n) is 1.79. The van der Waals surface area contributed by atoms with Gasteiger partial charge in [-0.25, -0.2) is 0 Å². The summed E-state index contributed by atoms with van der Waals surface area (Å²) in [6.07, 6.45) is 2.01. The van der Waals surface area contributed by atoms with E-state index in [0.29, 0.717) is 5.75 Å². The molecular formula is C14H21NO. The highest BCUT2D eigenvalue weighted by molar-refractivity contribution is 5.71. The first-order valence-corrected chi connectivity index (χ1v) is 5.85. The zero-order valence-corrected chi connectivity index (χ0v) is 10.6. The largest absolute Gasteiger partial charge is 0.507 e. The van der Waals surface area contributed by atoms with Crippen LogP contribution in [0.4, 0.5) is 5.69 Å². The Labute approximate surface area is 98.2 Å². The zero-order chi connectivity index (χ0) is 12.1. The summed E-state index contributed by atoms with van der Waals surface area (Å²) in [5, 5.41) is 9.97. The van der Waals surface area contributed by atoms with Crippen LogP contribution in [0.25, 0.3) is 5.57 Å². The number of hydrogen-bond donors (Lipinski definition) is 1. The molecule has 2 heteroatoms. The van der Waals surface area contributed by atoms with Gasteiger partial charge >= 0.3 is 0 Å². The van der Waals surface area contributed by atoms with Crippen LogP contribution in [0.15, 0.2) is 24.3 Å². The zero-order valence-electron chi connectivity index (χ0n) is 10.6. The third-order valence-electron chi connectivity index (χ3n) is 2.97. The topological polar surface area (TPSA) is 23.5 Å². The minimum atomic E-state index is 0.361. The third kappa shape index (κ3) is 2.57. The Hall–Kier alpha value is -1.44. The molecule has 16 heavy (non-hydrogen) atoms. The van der Waals surface area contributed by atoms with Crippen LogP contribution in [0.3, 0.4) is 0 Å². The van der Waals surface area contributed by atoms with Crippen molar-refractivity contribution in [1.82, 2.24) is 0 Å². The molecule has 0 spiro atoms. The van der Waals surface area contributed by atoms with E-state index in [0.717, 1.165) is 29.9 Å². The van der Waals surface area contributed by atoms with Crippen molar-refractivity contribution in [2.45, 2.75) is 27.7 Å². The van der Waals surface area contributed by atoms with Gasteiger partial charge in [0.15, 0.2) is 0 Å². The van der Waals surface area contributed by atoms with Crippen LogP contribution in [-0.4, -0.2) is 18.2 Å². The van der Waals surface area contributed by atoms with Crippen LogP contribution in [0, 0.1) is 0 Å². The summed E-state index contributed by atoms with van der Waals surface area (Å²) in [6, 6.07) is 5.89. The van der Waals surface area contributed by atoms with Crippen molar-refractivity contribution in [1.29, 1.82) is 0 Å². The van der Waals surface area contributed by atoms with E-state index >= 15 is 0 Å². The van der Waals surface area contributed by atoms with E-state index in [1.807, 2.05) is 32.1 Å². The number of anilines is 1. The first kappa shape index (κ1) is 12.6. The molecule has 1 rings (SSSR count). The highest BCUT2D eigenvalue weighted by atomic mass is 16.3. The number of aromatic hydroxyl groups is 1. The van der Waals surface area contributed by atoms with Gasteiger partial charge in [-0.05, 0) is 45.4 Å². The van der Waals surface area contributed by atoms with Gasteiger partial charge in [0.2, 0.25) is 0 Å². The van der Waals surface area contributed by atoms with Crippen molar-refractivity contribution in [3.05, 3.63) is 29.8 Å². The normalized spacial score (nSPS) is 11.6. The Bertz CT molecular complexity index is 378. The van der Waals surface area contributed by atoms with E-state index in [2.05, 4.69) is 24.8 Å². The van der Waals surface area contributed by atoms with Crippen LogP contribution in [0.1, 0.15) is 33.3 Å². The van der Waals surface area contributed by atoms with Crippen molar-refractivity contribution in [3.63, 3.8) is 0 Å². The molecule has 2 nitrogen and oxygen atoms in total. The average Bonchev–Trinajstić information content (AvgIpc) is 2.30. The summed E-state index contributed by atoms with van der Waals surface area (Å²) < 4.78 is 0. The highest BCUT2D eigenvalue weighted by Gasteiger charge is 2.07. The van der Waals surface area contributed by atoms with Gasteiger partial charge in [0.1, 0.15) is 5.75 Å². The number of nitrogens with zero attached hydrogens (tertiary/aromatic N) is 1. The van der Waals surface area contributed by atoms with E-state index in [-0.39, 0.29) is 0 Å². The summed E-state index contributed by atoms with van der Waals surface area (Å²) in [5.74, 6) is 0.361. The Balaban J connectivity index is 3.08. The lowest BCUT2D eigenvalue weighted by molar-refractivity contribution is 0.473. The maximum Gasteiger partial charge on any atom is 0.125 e.